The molecule has 0 bridgehead atoms. The molecule has 7 nitrogen and oxygen atoms in total. The Labute approximate surface area is 331 Å². The lowest BCUT2D eigenvalue weighted by Crippen LogP contribution is -2.72. The van der Waals surface area contributed by atoms with Gasteiger partial charge in [0, 0.05) is 16.7 Å². The van der Waals surface area contributed by atoms with E-state index in [1.54, 1.807) is 54.6 Å². The minimum atomic E-state index is -4.26. The van der Waals surface area contributed by atoms with Crippen molar-refractivity contribution in [1.82, 2.24) is 0 Å². The van der Waals surface area contributed by atoms with Gasteiger partial charge >= 0.3 is 5.92 Å². The van der Waals surface area contributed by atoms with Crippen LogP contribution in [0, 0.1) is 0 Å². The topological polar surface area (TPSA) is 83.5 Å². The molecule has 5 atom stereocenters. The first-order valence-corrected chi connectivity index (χ1v) is 18.9. The number of ketones is 1. The zero-order chi connectivity index (χ0) is 39.5. The number of ether oxygens (including phenoxy) is 5. The van der Waals surface area contributed by atoms with Crippen molar-refractivity contribution in [3.8, 4) is 0 Å². The molecule has 0 saturated carbocycles. The summed E-state index contributed by atoms with van der Waals surface area (Å²) in [5.74, 6) is -8.31. The van der Waals surface area contributed by atoms with Gasteiger partial charge in [0.05, 0.1) is 33.0 Å². The van der Waals surface area contributed by atoms with Crippen LogP contribution in [0.4, 0.5) is 8.78 Å². The second-order valence-electron chi connectivity index (χ2n) is 13.9. The van der Waals surface area contributed by atoms with Crippen molar-refractivity contribution in [1.29, 1.82) is 0 Å². The number of halogens is 2. The van der Waals surface area contributed by atoms with E-state index in [1.807, 2.05) is 97.1 Å². The quantitative estimate of drug-likeness (QED) is 0.0928. The molecule has 57 heavy (non-hydrogen) atoms. The minimum Gasteiger partial charge on any atom is -0.374 e. The molecule has 1 aliphatic rings. The lowest BCUT2D eigenvalue weighted by molar-refractivity contribution is -0.429. The highest BCUT2D eigenvalue weighted by atomic mass is 19.3. The van der Waals surface area contributed by atoms with Gasteiger partial charge in [-0.3, -0.25) is 4.79 Å². The first-order chi connectivity index (χ1) is 27.8. The van der Waals surface area contributed by atoms with Gasteiger partial charge in [-0.15, -0.1) is 0 Å². The molecule has 1 fully saturated rings. The van der Waals surface area contributed by atoms with Gasteiger partial charge in [-0.1, -0.05) is 176 Å². The highest BCUT2D eigenvalue weighted by Gasteiger charge is 2.69. The van der Waals surface area contributed by atoms with Crippen LogP contribution >= 0.6 is 0 Å². The molecule has 0 unspecified atom stereocenters. The molecule has 0 amide bonds. The van der Waals surface area contributed by atoms with Crippen LogP contribution in [0.1, 0.15) is 43.7 Å². The molecular formula is C48H44F2O7. The molecule has 292 valence electrons. The van der Waals surface area contributed by atoms with Gasteiger partial charge in [-0.2, -0.15) is 8.78 Å². The number of aliphatic hydroxyl groups is 1. The van der Waals surface area contributed by atoms with E-state index in [1.165, 1.54) is 18.2 Å². The number of hydrogen-bond acceptors (Lipinski definition) is 7. The molecule has 0 radical (unpaired) electrons. The molecule has 0 aromatic heterocycles. The number of alkyl halides is 2. The summed E-state index contributed by atoms with van der Waals surface area (Å²) < 4.78 is 67.7. The summed E-state index contributed by atoms with van der Waals surface area (Å²) >= 11 is 0. The van der Waals surface area contributed by atoms with Crippen molar-refractivity contribution < 1.29 is 42.4 Å². The van der Waals surface area contributed by atoms with E-state index in [-0.39, 0.29) is 44.2 Å². The summed E-state index contributed by atoms with van der Waals surface area (Å²) in [5, 5.41) is 12.8. The molecule has 6 aromatic rings. The van der Waals surface area contributed by atoms with Crippen molar-refractivity contribution in [2.75, 3.05) is 6.61 Å². The molecule has 0 spiro atoms. The average Bonchev–Trinajstić information content (AvgIpc) is 3.26. The highest BCUT2D eigenvalue weighted by molar-refractivity contribution is 6.10. The maximum atomic E-state index is 17.9. The van der Waals surface area contributed by atoms with Crippen molar-refractivity contribution in [2.24, 2.45) is 0 Å². The van der Waals surface area contributed by atoms with E-state index in [2.05, 4.69) is 0 Å². The minimum absolute atomic E-state index is 0.0236. The summed E-state index contributed by atoms with van der Waals surface area (Å²) in [6.45, 7) is -0.246. The molecular weight excluding hydrogens is 727 g/mol. The largest absolute Gasteiger partial charge is 0.374 e. The van der Waals surface area contributed by atoms with Gasteiger partial charge < -0.3 is 28.8 Å². The number of carbonyl (C=O) groups is 1. The van der Waals surface area contributed by atoms with Crippen LogP contribution in [0.15, 0.2) is 176 Å². The number of benzene rings is 6. The number of hydrogen-bond donors (Lipinski definition) is 1. The van der Waals surface area contributed by atoms with Crippen LogP contribution in [0.5, 0.6) is 0 Å². The van der Waals surface area contributed by atoms with Crippen LogP contribution < -0.4 is 0 Å². The highest BCUT2D eigenvalue weighted by Crippen LogP contribution is 2.50. The molecule has 1 aliphatic heterocycles. The van der Waals surface area contributed by atoms with E-state index in [4.69, 9.17) is 23.7 Å². The Balaban J connectivity index is 1.33. The maximum Gasteiger partial charge on any atom is 0.329 e. The van der Waals surface area contributed by atoms with Gasteiger partial charge in [-0.05, 0) is 22.3 Å². The Morgan fingerprint density at radius 2 is 0.982 bits per heavy atom. The van der Waals surface area contributed by atoms with Crippen LogP contribution in [-0.4, -0.2) is 47.7 Å². The van der Waals surface area contributed by atoms with E-state index in [0.717, 1.165) is 22.8 Å². The van der Waals surface area contributed by atoms with Crippen LogP contribution in [0.3, 0.4) is 0 Å². The third kappa shape index (κ3) is 9.43. The first-order valence-electron chi connectivity index (χ1n) is 18.9. The third-order valence-corrected chi connectivity index (χ3v) is 9.94. The first kappa shape index (κ1) is 39.8. The Bertz CT molecular complexity index is 2140. The van der Waals surface area contributed by atoms with Gasteiger partial charge in [0.25, 0.3) is 5.79 Å². The zero-order valence-corrected chi connectivity index (χ0v) is 31.2. The molecule has 7 rings (SSSR count). The fourth-order valence-electron chi connectivity index (χ4n) is 7.00. The molecule has 1 heterocycles. The standard InChI is InChI=1S/C48H44F2O7/c49-47(50,41-29-17-16-28-40(41)43(51)39-26-14-5-15-27-39)48(52)46(56-33-38-24-12-4-13-25-38)45(55-32-37-22-10-3-11-23-37)44(54-31-36-20-8-2-9-21-36)42(57-48)34-53-30-35-18-6-1-7-19-35/h1-29,42,44-46,52H,30-34H2/t42-,44-,45+,46-,48-/m1/s1. The fourth-order valence-corrected chi connectivity index (χ4v) is 7.00. The summed E-state index contributed by atoms with van der Waals surface area (Å²) in [5.41, 5.74) is 2.28. The third-order valence-electron chi connectivity index (χ3n) is 9.94. The molecule has 1 saturated heterocycles. The second-order valence-corrected chi connectivity index (χ2v) is 13.9. The second kappa shape index (κ2) is 18.7. The average molecular weight is 771 g/mol. The van der Waals surface area contributed by atoms with Gasteiger partial charge in [0.1, 0.15) is 24.4 Å². The fraction of sp³-hybridized carbons (Fsp3) is 0.229. The van der Waals surface area contributed by atoms with Gasteiger partial charge in [-0.25, -0.2) is 0 Å². The van der Waals surface area contributed by atoms with Crippen LogP contribution in [-0.2, 0) is 56.0 Å². The normalized spacial score (nSPS) is 20.9. The van der Waals surface area contributed by atoms with Crippen LogP contribution in [0.2, 0.25) is 0 Å². The molecule has 9 heteroatoms. The van der Waals surface area contributed by atoms with Crippen molar-refractivity contribution in [3.05, 3.63) is 215 Å². The van der Waals surface area contributed by atoms with Crippen molar-refractivity contribution in [2.45, 2.75) is 62.6 Å². The SMILES string of the molecule is O=C(c1ccccc1)c1ccccc1C(F)(F)[C@]1(O)O[C@H](COCc2ccccc2)[C@@H](OCc2ccccc2)[C@H](OCc2ccccc2)[C@H]1OCc1ccccc1. The Morgan fingerprint density at radius 1 is 0.561 bits per heavy atom. The molecule has 0 aliphatic carbocycles. The predicted octanol–water partition coefficient (Wildman–Crippen LogP) is 9.07. The summed E-state index contributed by atoms with van der Waals surface area (Å²) in [6.07, 6.45) is -5.59. The van der Waals surface area contributed by atoms with E-state index in [0.29, 0.717) is 5.56 Å². The van der Waals surface area contributed by atoms with Crippen molar-refractivity contribution >= 4 is 5.78 Å². The summed E-state index contributed by atoms with van der Waals surface area (Å²) in [6, 6.07) is 50.6. The molecule has 6 aromatic carbocycles. The van der Waals surface area contributed by atoms with E-state index < -0.39 is 47.5 Å². The maximum absolute atomic E-state index is 17.9. The Kier molecular flexibility index (Phi) is 13.1. The van der Waals surface area contributed by atoms with E-state index >= 15 is 8.78 Å². The summed E-state index contributed by atoms with van der Waals surface area (Å²) in [7, 11) is 0. The monoisotopic (exact) mass is 770 g/mol. The molecule has 1 N–H and O–H groups in total. The number of rotatable bonds is 17. The number of carbonyl (C=O) groups excluding carboxylic acids is 1. The summed E-state index contributed by atoms with van der Waals surface area (Å²) in [4.78, 5) is 13.9. The van der Waals surface area contributed by atoms with Crippen LogP contribution in [0.25, 0.3) is 0 Å². The zero-order valence-electron chi connectivity index (χ0n) is 31.2. The Morgan fingerprint density at radius 3 is 1.51 bits per heavy atom. The van der Waals surface area contributed by atoms with Gasteiger partial charge in [0.2, 0.25) is 0 Å². The lowest BCUT2D eigenvalue weighted by atomic mass is 9.83. The smallest absolute Gasteiger partial charge is 0.329 e. The Hall–Kier alpha value is -5.39. The lowest BCUT2D eigenvalue weighted by Gasteiger charge is -2.52. The van der Waals surface area contributed by atoms with E-state index in [9.17, 15) is 9.90 Å². The van der Waals surface area contributed by atoms with Gasteiger partial charge in [0.15, 0.2) is 5.78 Å². The predicted molar refractivity (Wildman–Crippen MR) is 211 cm³/mol. The van der Waals surface area contributed by atoms with Crippen molar-refractivity contribution in [3.63, 3.8) is 0 Å².